The lowest BCUT2D eigenvalue weighted by Gasteiger charge is -2.38. The van der Waals surface area contributed by atoms with Crippen molar-refractivity contribution in [1.29, 1.82) is 0 Å². The van der Waals surface area contributed by atoms with Gasteiger partial charge in [-0.25, -0.2) is 4.79 Å². The highest BCUT2D eigenvalue weighted by Crippen LogP contribution is 2.52. The van der Waals surface area contributed by atoms with Gasteiger partial charge in [0.2, 0.25) is 0 Å². The Morgan fingerprint density at radius 1 is 1.25 bits per heavy atom. The summed E-state index contributed by atoms with van der Waals surface area (Å²) in [5, 5.41) is 13.8. The zero-order chi connectivity index (χ0) is 19.3. The fourth-order valence-electron chi connectivity index (χ4n) is 4.45. The van der Waals surface area contributed by atoms with E-state index in [1.165, 1.54) is 0 Å². The van der Waals surface area contributed by atoms with Gasteiger partial charge in [0, 0.05) is 17.4 Å². The van der Waals surface area contributed by atoms with E-state index >= 15 is 0 Å². The molecule has 2 N–H and O–H groups in total. The number of hydrogen-bond acceptors (Lipinski definition) is 4. The molecular weight excluding hydrogens is 394 g/mol. The van der Waals surface area contributed by atoms with E-state index in [4.69, 9.17) is 16.3 Å². The van der Waals surface area contributed by atoms with Crippen LogP contribution < -0.4 is 10.1 Å². The topological polar surface area (TPSA) is 58.6 Å². The predicted octanol–water partition coefficient (Wildman–Crippen LogP) is 5.36. The van der Waals surface area contributed by atoms with E-state index in [2.05, 4.69) is 29.6 Å². The number of nitrogens with one attached hydrogen (secondary N) is 1. The third-order valence-corrected chi connectivity index (χ3v) is 7.36. The van der Waals surface area contributed by atoms with E-state index in [0.29, 0.717) is 16.7 Å². The highest BCUT2D eigenvalue weighted by molar-refractivity contribution is 8.00. The molecule has 0 aromatic heterocycles. The van der Waals surface area contributed by atoms with Crippen LogP contribution in [0.3, 0.4) is 0 Å². The van der Waals surface area contributed by atoms with Crippen LogP contribution in [0.5, 0.6) is 5.75 Å². The van der Waals surface area contributed by atoms with E-state index in [1.807, 2.05) is 23.9 Å². The molecule has 2 aliphatic heterocycles. The highest BCUT2D eigenvalue weighted by atomic mass is 35.5. The van der Waals surface area contributed by atoms with Crippen molar-refractivity contribution >= 4 is 35.0 Å². The summed E-state index contributed by atoms with van der Waals surface area (Å²) in [5.74, 6) is 2.35. The number of benzene rings is 2. The molecule has 6 heteroatoms. The molecule has 1 saturated heterocycles. The van der Waals surface area contributed by atoms with Crippen LogP contribution in [-0.4, -0.2) is 28.7 Å². The number of carbonyl (C=O) groups is 1. The van der Waals surface area contributed by atoms with Gasteiger partial charge in [-0.3, -0.25) is 0 Å². The number of hydrogen-bond donors (Lipinski definition) is 2. The van der Waals surface area contributed by atoms with E-state index in [1.54, 1.807) is 12.1 Å². The highest BCUT2D eigenvalue weighted by Gasteiger charge is 2.41. The predicted molar refractivity (Wildman–Crippen MR) is 113 cm³/mol. The fraction of sp³-hybridized carbons (Fsp3) is 0.318. The lowest BCUT2D eigenvalue weighted by atomic mass is 9.75. The van der Waals surface area contributed by atoms with Gasteiger partial charge in [-0.05, 0) is 47.7 Å². The zero-order valence-electron chi connectivity index (χ0n) is 15.1. The number of rotatable bonds is 4. The maximum atomic E-state index is 11.8. The number of thioether (sulfide) groups is 1. The maximum absolute atomic E-state index is 11.8. The van der Waals surface area contributed by atoms with Gasteiger partial charge in [0.1, 0.15) is 11.9 Å². The largest absolute Gasteiger partial charge is 0.489 e. The Bertz CT molecular complexity index is 972. The van der Waals surface area contributed by atoms with E-state index in [-0.39, 0.29) is 17.9 Å². The first kappa shape index (κ1) is 18.0. The number of ether oxygens (including phenoxy) is 1. The second-order valence-electron chi connectivity index (χ2n) is 7.51. The first-order valence-electron chi connectivity index (χ1n) is 9.45. The molecule has 0 unspecified atom stereocenters. The standard InChI is InChI=1S/C22H20ClNO3S/c23-18-8-7-17(22(25)26)19-15-5-2-6-16(15)20(24-21(18)19)12-3-1-4-13(9-12)27-14-10-28-11-14/h1-5,7-9,14-16,20,24H,6,10-11H2,(H,25,26)/t15-,16+,20+/m0/s1. The van der Waals surface area contributed by atoms with Crippen molar-refractivity contribution in [2.24, 2.45) is 5.92 Å². The van der Waals surface area contributed by atoms with Crippen LogP contribution >= 0.6 is 23.4 Å². The van der Waals surface area contributed by atoms with Crippen molar-refractivity contribution in [3.63, 3.8) is 0 Å². The Morgan fingerprint density at radius 3 is 2.86 bits per heavy atom. The van der Waals surface area contributed by atoms with Crippen molar-refractivity contribution < 1.29 is 14.6 Å². The fourth-order valence-corrected chi connectivity index (χ4v) is 5.23. The Labute approximate surface area is 172 Å². The molecule has 4 nitrogen and oxygen atoms in total. The lowest BCUT2D eigenvalue weighted by molar-refractivity contribution is 0.0695. The minimum atomic E-state index is -0.916. The Hall–Kier alpha value is -2.11. The van der Waals surface area contributed by atoms with Gasteiger partial charge in [-0.15, -0.1) is 0 Å². The second-order valence-corrected chi connectivity index (χ2v) is 9.00. The monoisotopic (exact) mass is 413 g/mol. The molecule has 1 aliphatic carbocycles. The van der Waals surface area contributed by atoms with Crippen molar-refractivity contribution in [3.8, 4) is 5.75 Å². The summed E-state index contributed by atoms with van der Waals surface area (Å²) in [6.45, 7) is 0. The molecule has 0 bridgehead atoms. The van der Waals surface area contributed by atoms with Crippen LogP contribution in [0.4, 0.5) is 5.69 Å². The molecule has 0 spiro atoms. The van der Waals surface area contributed by atoms with Crippen molar-refractivity contribution in [2.45, 2.75) is 24.5 Å². The summed E-state index contributed by atoms with van der Waals surface area (Å²) in [4.78, 5) is 11.8. The van der Waals surface area contributed by atoms with Crippen LogP contribution in [-0.2, 0) is 0 Å². The minimum absolute atomic E-state index is 0.0404. The molecule has 1 fully saturated rings. The molecule has 28 heavy (non-hydrogen) atoms. The van der Waals surface area contributed by atoms with Crippen LogP contribution in [0.1, 0.15) is 39.9 Å². The molecule has 5 rings (SSSR count). The second kappa shape index (κ2) is 7.05. The zero-order valence-corrected chi connectivity index (χ0v) is 16.7. The third kappa shape index (κ3) is 2.97. The van der Waals surface area contributed by atoms with Crippen LogP contribution in [0.25, 0.3) is 0 Å². The Kier molecular flexibility index (Phi) is 4.52. The van der Waals surface area contributed by atoms with E-state index < -0.39 is 5.97 Å². The number of anilines is 1. The van der Waals surface area contributed by atoms with E-state index in [0.717, 1.165) is 40.5 Å². The first-order valence-corrected chi connectivity index (χ1v) is 11.0. The molecule has 3 aliphatic rings. The molecule has 3 atom stereocenters. The maximum Gasteiger partial charge on any atom is 0.336 e. The molecular formula is C22H20ClNO3S. The van der Waals surface area contributed by atoms with Gasteiger partial charge in [-0.1, -0.05) is 35.9 Å². The van der Waals surface area contributed by atoms with Crippen LogP contribution in [0.15, 0.2) is 48.6 Å². The molecule has 2 aromatic carbocycles. The SMILES string of the molecule is O=C(O)c1ccc(Cl)c2c1[C@H]1C=CC[C@H]1[C@@H](c1cccc(OC3CSC3)c1)N2. The van der Waals surface area contributed by atoms with Gasteiger partial charge >= 0.3 is 5.97 Å². The van der Waals surface area contributed by atoms with Gasteiger partial charge in [0.25, 0.3) is 0 Å². The van der Waals surface area contributed by atoms with Crippen molar-refractivity contribution in [3.05, 3.63) is 70.3 Å². The van der Waals surface area contributed by atoms with Crippen LogP contribution in [0.2, 0.25) is 5.02 Å². The van der Waals surface area contributed by atoms with Gasteiger partial charge in [0.05, 0.1) is 22.3 Å². The molecule has 2 aromatic rings. The number of fused-ring (bicyclic) bond motifs is 3. The minimum Gasteiger partial charge on any atom is -0.489 e. The summed E-state index contributed by atoms with van der Waals surface area (Å²) < 4.78 is 6.07. The number of halogens is 1. The molecule has 144 valence electrons. The summed E-state index contributed by atoms with van der Waals surface area (Å²) in [7, 11) is 0. The summed E-state index contributed by atoms with van der Waals surface area (Å²) in [5.41, 5.74) is 3.01. The molecule has 0 saturated carbocycles. The lowest BCUT2D eigenvalue weighted by Crippen LogP contribution is -2.32. The summed E-state index contributed by atoms with van der Waals surface area (Å²) in [6.07, 6.45) is 5.48. The van der Waals surface area contributed by atoms with Crippen molar-refractivity contribution in [1.82, 2.24) is 0 Å². The molecule has 2 heterocycles. The van der Waals surface area contributed by atoms with Crippen LogP contribution in [0, 0.1) is 5.92 Å². The van der Waals surface area contributed by atoms with Gasteiger partial charge in [0.15, 0.2) is 0 Å². The molecule has 0 amide bonds. The van der Waals surface area contributed by atoms with Gasteiger partial charge < -0.3 is 15.2 Å². The third-order valence-electron chi connectivity index (χ3n) is 5.83. The average Bonchev–Trinajstić information content (AvgIpc) is 3.14. The molecule has 0 radical (unpaired) electrons. The summed E-state index contributed by atoms with van der Waals surface area (Å²) in [6, 6.07) is 11.6. The summed E-state index contributed by atoms with van der Waals surface area (Å²) >= 11 is 8.38. The first-order chi connectivity index (χ1) is 13.6. The Morgan fingerprint density at radius 2 is 2.11 bits per heavy atom. The number of carboxylic acids is 1. The van der Waals surface area contributed by atoms with Crippen molar-refractivity contribution in [2.75, 3.05) is 16.8 Å². The van der Waals surface area contributed by atoms with E-state index in [9.17, 15) is 9.90 Å². The average molecular weight is 414 g/mol. The number of aromatic carboxylic acids is 1. The number of carboxylic acid groups (broad SMARTS) is 1. The quantitative estimate of drug-likeness (QED) is 0.661. The van der Waals surface area contributed by atoms with Gasteiger partial charge in [-0.2, -0.15) is 11.8 Å². The normalized spacial score (nSPS) is 25.4. The Balaban J connectivity index is 1.54. The smallest absolute Gasteiger partial charge is 0.336 e. The number of allylic oxidation sites excluding steroid dienone is 2.